The van der Waals surface area contributed by atoms with E-state index in [1.165, 1.54) is 7.11 Å². The Balaban J connectivity index is 2.00. The largest absolute Gasteiger partial charge is 0.497 e. The molecule has 46 heavy (non-hydrogen) atoms. The van der Waals surface area contributed by atoms with Gasteiger partial charge in [-0.1, -0.05) is 76.6 Å². The van der Waals surface area contributed by atoms with Crippen molar-refractivity contribution in [3.63, 3.8) is 0 Å². The normalized spacial score (nSPS) is 13.3. The van der Waals surface area contributed by atoms with Gasteiger partial charge in [-0.25, -0.2) is 4.79 Å². The molecule has 0 aromatic heterocycles. The molecule has 6 N–H and O–H groups in total. The number of benzene rings is 2. The molecule has 0 bridgehead atoms. The number of alkyl carbamates (subject to hydrolysis) is 1. The molecule has 2 aromatic rings. The molecule has 0 fully saturated rings. The fraction of sp³-hybridized carbons (Fsp3) is 0.455. The Morgan fingerprint density at radius 1 is 0.826 bits per heavy atom. The summed E-state index contributed by atoms with van der Waals surface area (Å²) in [4.78, 5) is 76.4. The second kappa shape index (κ2) is 18.8. The number of carbonyl (C=O) groups excluding carboxylic acids is 6. The van der Waals surface area contributed by atoms with Gasteiger partial charge in [0, 0.05) is 6.42 Å². The molecule has 5 amide bonds. The number of methoxy groups -OCH3 is 1. The maximum atomic E-state index is 13.3. The van der Waals surface area contributed by atoms with E-state index in [1.54, 1.807) is 50.2 Å². The van der Waals surface area contributed by atoms with Crippen molar-refractivity contribution in [3.8, 4) is 5.75 Å². The lowest BCUT2D eigenvalue weighted by molar-refractivity contribution is -0.141. The van der Waals surface area contributed by atoms with Crippen LogP contribution in [0.2, 0.25) is 0 Å². The first kappa shape index (κ1) is 37.2. The van der Waals surface area contributed by atoms with E-state index in [0.29, 0.717) is 17.7 Å². The molecule has 0 aliphatic heterocycles. The highest BCUT2D eigenvalue weighted by Crippen LogP contribution is 2.14. The van der Waals surface area contributed by atoms with Crippen LogP contribution in [0.15, 0.2) is 54.6 Å². The smallest absolute Gasteiger partial charge is 0.408 e. The van der Waals surface area contributed by atoms with Gasteiger partial charge in [0.25, 0.3) is 5.91 Å². The van der Waals surface area contributed by atoms with Crippen LogP contribution in [0, 0.1) is 11.8 Å². The van der Waals surface area contributed by atoms with Crippen LogP contribution in [0.1, 0.15) is 51.7 Å². The number of hydrogen-bond acceptors (Lipinski definition) is 8. The third-order valence-electron chi connectivity index (χ3n) is 7.23. The van der Waals surface area contributed by atoms with E-state index in [4.69, 9.17) is 15.2 Å². The van der Waals surface area contributed by atoms with E-state index >= 15 is 0 Å². The van der Waals surface area contributed by atoms with Crippen LogP contribution in [0.25, 0.3) is 0 Å². The number of carbonyl (C=O) groups is 6. The molecule has 0 aliphatic rings. The van der Waals surface area contributed by atoms with Gasteiger partial charge >= 0.3 is 6.09 Å². The lowest BCUT2D eigenvalue weighted by Gasteiger charge is -2.26. The molecule has 0 radical (unpaired) electrons. The zero-order valence-electron chi connectivity index (χ0n) is 27.0. The SMILES string of the molecule is CC[C@H](C)C(NC(=O)[C@H](CC(C)C)NC(=O)OCc1ccccc1)C(=O)C(=O)NCC(=O)N[C@@H](Cc1ccc(OC)cc1)C(N)=O. The van der Waals surface area contributed by atoms with E-state index in [9.17, 15) is 28.8 Å². The number of nitrogens with one attached hydrogen (secondary N) is 4. The molecule has 13 nitrogen and oxygen atoms in total. The van der Waals surface area contributed by atoms with Crippen molar-refractivity contribution in [3.05, 3.63) is 65.7 Å². The number of Topliss-reactive ketones (excluding diaryl/α,β-unsaturated/α-hetero) is 1. The minimum Gasteiger partial charge on any atom is -0.497 e. The number of rotatable bonds is 18. The van der Waals surface area contributed by atoms with Gasteiger partial charge in [0.2, 0.25) is 23.5 Å². The Hall–Kier alpha value is -4.94. The van der Waals surface area contributed by atoms with Crippen LogP contribution in [-0.4, -0.2) is 67.3 Å². The van der Waals surface area contributed by atoms with Crippen LogP contribution in [-0.2, 0) is 41.7 Å². The standard InChI is InChI=1S/C33H45N5O8/c1-6-21(4)28(38-31(42)26(16-20(2)3)37-33(44)46-19-23-10-8-7-9-11-23)29(40)32(43)35-18-27(39)36-25(30(34)41)17-22-12-14-24(45-5)15-13-22/h7-15,20-21,25-26,28H,6,16-19H2,1-5H3,(H2,34,41)(H,35,43)(H,36,39)(H,37,44)(H,38,42)/t21-,25-,26-,28?/m0/s1. The van der Waals surface area contributed by atoms with Gasteiger partial charge in [0.05, 0.1) is 19.7 Å². The predicted octanol–water partition coefficient (Wildman–Crippen LogP) is 1.77. The number of hydrogen-bond donors (Lipinski definition) is 5. The monoisotopic (exact) mass is 639 g/mol. The predicted molar refractivity (Wildman–Crippen MR) is 170 cm³/mol. The third kappa shape index (κ3) is 12.6. The molecule has 0 saturated carbocycles. The summed E-state index contributed by atoms with van der Waals surface area (Å²) in [6, 6.07) is 12.6. The first-order chi connectivity index (χ1) is 21.8. The Morgan fingerprint density at radius 3 is 2.04 bits per heavy atom. The molecule has 0 heterocycles. The zero-order chi connectivity index (χ0) is 34.2. The molecule has 0 aliphatic carbocycles. The summed E-state index contributed by atoms with van der Waals surface area (Å²) in [5.41, 5.74) is 6.95. The topological polar surface area (TPSA) is 195 Å². The number of amides is 5. The summed E-state index contributed by atoms with van der Waals surface area (Å²) in [6.07, 6.45) is -0.0123. The fourth-order valence-electron chi connectivity index (χ4n) is 4.42. The fourth-order valence-corrected chi connectivity index (χ4v) is 4.42. The first-order valence-corrected chi connectivity index (χ1v) is 15.2. The van der Waals surface area contributed by atoms with Crippen molar-refractivity contribution in [2.45, 2.75) is 71.7 Å². The van der Waals surface area contributed by atoms with Crippen LogP contribution in [0.3, 0.4) is 0 Å². The Morgan fingerprint density at radius 2 is 1.48 bits per heavy atom. The van der Waals surface area contributed by atoms with E-state index in [1.807, 2.05) is 32.0 Å². The second-order valence-electron chi connectivity index (χ2n) is 11.4. The van der Waals surface area contributed by atoms with Gasteiger partial charge < -0.3 is 36.5 Å². The molecule has 0 saturated heterocycles. The number of ketones is 1. The molecule has 2 aromatic carbocycles. The lowest BCUT2D eigenvalue weighted by atomic mass is 9.94. The molecule has 1 unspecified atom stereocenters. The van der Waals surface area contributed by atoms with Crippen molar-refractivity contribution in [2.75, 3.05) is 13.7 Å². The quantitative estimate of drug-likeness (QED) is 0.152. The maximum absolute atomic E-state index is 13.3. The van der Waals surface area contributed by atoms with E-state index in [-0.39, 0.29) is 25.4 Å². The van der Waals surface area contributed by atoms with Crippen molar-refractivity contribution in [2.24, 2.45) is 17.6 Å². The Kier molecular flexibility index (Phi) is 15.2. The minimum absolute atomic E-state index is 0.00122. The van der Waals surface area contributed by atoms with E-state index in [0.717, 1.165) is 5.56 Å². The minimum atomic E-state index is -1.23. The van der Waals surface area contributed by atoms with Crippen LogP contribution >= 0.6 is 0 Å². The summed E-state index contributed by atoms with van der Waals surface area (Å²) in [7, 11) is 1.52. The highest BCUT2D eigenvalue weighted by Gasteiger charge is 2.34. The first-order valence-electron chi connectivity index (χ1n) is 15.2. The molecular formula is C33H45N5O8. The Bertz CT molecular complexity index is 1330. The van der Waals surface area contributed by atoms with Crippen molar-refractivity contribution in [1.29, 1.82) is 0 Å². The number of primary amides is 1. The molecule has 2 rings (SSSR count). The molecule has 0 spiro atoms. The van der Waals surface area contributed by atoms with Gasteiger partial charge in [0.1, 0.15) is 24.4 Å². The summed E-state index contributed by atoms with van der Waals surface area (Å²) in [6.45, 7) is 6.62. The van der Waals surface area contributed by atoms with E-state index < -0.39 is 66.1 Å². The second-order valence-corrected chi connectivity index (χ2v) is 11.4. The van der Waals surface area contributed by atoms with Gasteiger partial charge in [-0.05, 0) is 41.5 Å². The van der Waals surface area contributed by atoms with Crippen LogP contribution in [0.5, 0.6) is 5.75 Å². The van der Waals surface area contributed by atoms with Gasteiger partial charge in [-0.15, -0.1) is 0 Å². The highest BCUT2D eigenvalue weighted by molar-refractivity contribution is 6.38. The molecule has 250 valence electrons. The summed E-state index contributed by atoms with van der Waals surface area (Å²) >= 11 is 0. The average molecular weight is 640 g/mol. The number of ether oxygens (including phenoxy) is 2. The van der Waals surface area contributed by atoms with E-state index in [2.05, 4.69) is 21.3 Å². The van der Waals surface area contributed by atoms with Crippen molar-refractivity contribution in [1.82, 2.24) is 21.3 Å². The van der Waals surface area contributed by atoms with Gasteiger partial charge in [-0.2, -0.15) is 0 Å². The average Bonchev–Trinajstić information content (AvgIpc) is 3.04. The molecular weight excluding hydrogens is 594 g/mol. The van der Waals surface area contributed by atoms with Crippen LogP contribution in [0.4, 0.5) is 4.79 Å². The Labute approximate surface area is 269 Å². The van der Waals surface area contributed by atoms with Gasteiger partial charge in [0.15, 0.2) is 0 Å². The van der Waals surface area contributed by atoms with Crippen molar-refractivity contribution >= 4 is 35.5 Å². The van der Waals surface area contributed by atoms with Crippen LogP contribution < -0.4 is 31.7 Å². The summed E-state index contributed by atoms with van der Waals surface area (Å²) < 4.78 is 10.4. The maximum Gasteiger partial charge on any atom is 0.408 e. The highest BCUT2D eigenvalue weighted by atomic mass is 16.5. The van der Waals surface area contributed by atoms with Gasteiger partial charge in [-0.3, -0.25) is 24.0 Å². The molecule has 4 atom stereocenters. The summed E-state index contributed by atoms with van der Waals surface area (Å²) in [5.74, 6) is -4.06. The number of nitrogens with two attached hydrogens (primary N) is 1. The summed E-state index contributed by atoms with van der Waals surface area (Å²) in [5, 5.41) is 9.89. The third-order valence-corrected chi connectivity index (χ3v) is 7.23. The van der Waals surface area contributed by atoms with Crippen molar-refractivity contribution < 1.29 is 38.2 Å². The lowest BCUT2D eigenvalue weighted by Crippen LogP contribution is -2.56. The molecule has 13 heteroatoms. The zero-order valence-corrected chi connectivity index (χ0v) is 27.0.